The molecular formula is C16H35IN4O3S2. The Bertz CT molecular complexity index is 472. The summed E-state index contributed by atoms with van der Waals surface area (Å²) in [4.78, 5) is 4.47. The van der Waals surface area contributed by atoms with Gasteiger partial charge in [-0.25, -0.2) is 13.1 Å². The fourth-order valence-electron chi connectivity index (χ4n) is 2.46. The van der Waals surface area contributed by atoms with Crippen LogP contribution in [0.25, 0.3) is 0 Å². The first-order chi connectivity index (χ1) is 12.1. The maximum Gasteiger partial charge on any atom is 0.213 e. The van der Waals surface area contributed by atoms with Crippen LogP contribution in [0.4, 0.5) is 0 Å². The molecule has 1 atom stereocenters. The summed E-state index contributed by atoms with van der Waals surface area (Å²) in [5.74, 6) is 1.85. The van der Waals surface area contributed by atoms with Crippen LogP contribution in [0.2, 0.25) is 0 Å². The molecule has 10 heteroatoms. The number of aliphatic imine (C=N–C) groups is 1. The molecule has 1 rings (SSSR count). The molecule has 0 aromatic rings. The number of hydrogen-bond donors (Lipinski definition) is 3. The molecular weight excluding hydrogens is 487 g/mol. The summed E-state index contributed by atoms with van der Waals surface area (Å²) < 4.78 is 32.3. The van der Waals surface area contributed by atoms with Crippen LogP contribution in [-0.2, 0) is 14.8 Å². The summed E-state index contributed by atoms with van der Waals surface area (Å²) in [6.07, 6.45) is 7.39. The Morgan fingerprint density at radius 1 is 1.27 bits per heavy atom. The van der Waals surface area contributed by atoms with Gasteiger partial charge < -0.3 is 15.4 Å². The maximum absolute atomic E-state index is 12.1. The third-order valence-electron chi connectivity index (χ3n) is 3.84. The average molecular weight is 523 g/mol. The van der Waals surface area contributed by atoms with E-state index in [1.165, 1.54) is 0 Å². The van der Waals surface area contributed by atoms with Crippen LogP contribution in [0.5, 0.6) is 0 Å². The van der Waals surface area contributed by atoms with Crippen molar-refractivity contribution in [3.05, 3.63) is 0 Å². The van der Waals surface area contributed by atoms with Gasteiger partial charge in [-0.3, -0.25) is 4.99 Å². The zero-order valence-electron chi connectivity index (χ0n) is 16.0. The van der Waals surface area contributed by atoms with Crippen LogP contribution in [0.1, 0.15) is 39.0 Å². The first kappa shape index (κ1) is 26.2. The number of halogens is 1. The van der Waals surface area contributed by atoms with Crippen LogP contribution < -0.4 is 15.4 Å². The van der Waals surface area contributed by atoms with Crippen molar-refractivity contribution >= 4 is 51.7 Å². The number of ether oxygens (including phenoxy) is 1. The number of nitrogens with one attached hydrogen (secondary N) is 3. The lowest BCUT2D eigenvalue weighted by Crippen LogP contribution is -2.42. The first-order valence-corrected chi connectivity index (χ1v) is 12.2. The number of hydrogen-bond acceptors (Lipinski definition) is 5. The number of rotatable bonds is 12. The van der Waals surface area contributed by atoms with E-state index in [9.17, 15) is 8.42 Å². The molecule has 156 valence electrons. The Hall–Kier alpha value is 0.220. The summed E-state index contributed by atoms with van der Waals surface area (Å²) in [5.41, 5.74) is 0. The Morgan fingerprint density at radius 3 is 2.73 bits per heavy atom. The maximum atomic E-state index is 12.1. The number of nitrogens with zero attached hydrogens (tertiary/aromatic N) is 1. The molecule has 26 heavy (non-hydrogen) atoms. The van der Waals surface area contributed by atoms with Gasteiger partial charge in [-0.1, -0.05) is 0 Å². The number of unbranched alkanes of at least 4 members (excludes halogenated alkanes) is 1. The van der Waals surface area contributed by atoms with Gasteiger partial charge in [0.15, 0.2) is 5.96 Å². The minimum absolute atomic E-state index is 0. The summed E-state index contributed by atoms with van der Waals surface area (Å²) >= 11 is 1.84. The fourth-order valence-corrected chi connectivity index (χ4v) is 3.90. The molecule has 0 aromatic carbocycles. The normalized spacial score (nSPS) is 18.2. The van der Waals surface area contributed by atoms with Gasteiger partial charge in [0, 0.05) is 32.8 Å². The van der Waals surface area contributed by atoms with Gasteiger partial charge in [-0.2, -0.15) is 11.8 Å². The molecule has 1 aliphatic rings. The zero-order chi connectivity index (χ0) is 18.4. The second kappa shape index (κ2) is 16.2. The number of thioether (sulfide) groups is 1. The number of guanidine groups is 1. The molecule has 3 N–H and O–H groups in total. The van der Waals surface area contributed by atoms with Gasteiger partial charge in [-0.15, -0.1) is 24.0 Å². The third kappa shape index (κ3) is 13.4. The van der Waals surface area contributed by atoms with Gasteiger partial charge in [0.2, 0.25) is 10.0 Å². The van der Waals surface area contributed by atoms with E-state index < -0.39 is 10.0 Å². The lowest BCUT2D eigenvalue weighted by atomic mass is 10.1. The van der Waals surface area contributed by atoms with Crippen molar-refractivity contribution in [2.75, 3.05) is 50.5 Å². The van der Waals surface area contributed by atoms with Crippen LogP contribution in [0.15, 0.2) is 4.99 Å². The van der Waals surface area contributed by atoms with Crippen LogP contribution in [0, 0.1) is 0 Å². The van der Waals surface area contributed by atoms with E-state index in [2.05, 4.69) is 26.6 Å². The molecule has 1 saturated heterocycles. The molecule has 1 heterocycles. The van der Waals surface area contributed by atoms with Crippen molar-refractivity contribution in [2.24, 2.45) is 4.99 Å². The average Bonchev–Trinajstić information content (AvgIpc) is 2.60. The highest BCUT2D eigenvalue weighted by Gasteiger charge is 2.17. The van der Waals surface area contributed by atoms with E-state index in [0.29, 0.717) is 19.0 Å². The van der Waals surface area contributed by atoms with Crippen molar-refractivity contribution in [1.29, 1.82) is 0 Å². The highest BCUT2D eigenvalue weighted by atomic mass is 127. The summed E-state index contributed by atoms with van der Waals surface area (Å²) in [5, 5.41) is 6.23. The minimum atomic E-state index is -3.30. The van der Waals surface area contributed by atoms with Crippen LogP contribution in [0.3, 0.4) is 0 Å². The molecule has 0 amide bonds. The predicted molar refractivity (Wildman–Crippen MR) is 122 cm³/mol. The second-order valence-corrected chi connectivity index (χ2v) is 8.96. The van der Waals surface area contributed by atoms with Gasteiger partial charge >= 0.3 is 0 Å². The predicted octanol–water partition coefficient (Wildman–Crippen LogP) is 1.79. The fraction of sp³-hybridized carbons (Fsp3) is 0.938. The van der Waals surface area contributed by atoms with E-state index in [1.807, 2.05) is 18.7 Å². The quantitative estimate of drug-likeness (QED) is 0.157. The lowest BCUT2D eigenvalue weighted by Gasteiger charge is -2.22. The second-order valence-electron chi connectivity index (χ2n) is 6.04. The Morgan fingerprint density at radius 2 is 2.08 bits per heavy atom. The molecule has 0 radical (unpaired) electrons. The third-order valence-corrected chi connectivity index (χ3v) is 5.88. The smallest absolute Gasteiger partial charge is 0.213 e. The molecule has 0 spiro atoms. The minimum Gasteiger partial charge on any atom is -0.377 e. The SMILES string of the molecule is CCNC(=NCCCCSC)NCCS(=O)(=O)NCC1CCCCO1.I. The van der Waals surface area contributed by atoms with Gasteiger partial charge in [0.05, 0.1) is 11.9 Å². The monoisotopic (exact) mass is 522 g/mol. The standard InChI is InChI=1S/C16H34N4O3S2.HI/c1-3-17-16(18-9-5-7-12-24-2)19-10-13-25(21,22)20-14-15-8-4-6-11-23-15;/h15,20H,3-14H2,1-2H3,(H2,17,18,19);1H. The molecule has 1 aliphatic heterocycles. The largest absolute Gasteiger partial charge is 0.377 e. The van der Waals surface area contributed by atoms with Crippen molar-refractivity contribution in [3.63, 3.8) is 0 Å². The molecule has 7 nitrogen and oxygen atoms in total. The summed E-state index contributed by atoms with van der Waals surface area (Å²) in [6.45, 7) is 4.92. The van der Waals surface area contributed by atoms with Crippen molar-refractivity contribution in [2.45, 2.75) is 45.1 Å². The van der Waals surface area contributed by atoms with Gasteiger partial charge in [0.1, 0.15) is 0 Å². The zero-order valence-corrected chi connectivity index (χ0v) is 19.9. The molecule has 0 aliphatic carbocycles. The van der Waals surface area contributed by atoms with Gasteiger partial charge in [0.25, 0.3) is 0 Å². The molecule has 1 fully saturated rings. The van der Waals surface area contributed by atoms with Crippen LogP contribution >= 0.6 is 35.7 Å². The Labute approximate surface area is 180 Å². The van der Waals surface area contributed by atoms with E-state index in [4.69, 9.17) is 4.74 Å². The molecule has 0 bridgehead atoms. The summed E-state index contributed by atoms with van der Waals surface area (Å²) in [7, 11) is -3.30. The van der Waals surface area contributed by atoms with Crippen molar-refractivity contribution in [1.82, 2.24) is 15.4 Å². The lowest BCUT2D eigenvalue weighted by molar-refractivity contribution is 0.0200. The Balaban J connectivity index is 0.00000625. The van der Waals surface area contributed by atoms with Crippen LogP contribution in [-0.4, -0.2) is 71.0 Å². The molecule has 0 saturated carbocycles. The molecule has 0 aromatic heterocycles. The summed E-state index contributed by atoms with van der Waals surface area (Å²) in [6, 6.07) is 0. The van der Waals surface area contributed by atoms with E-state index in [0.717, 1.165) is 57.6 Å². The Kier molecular flexibility index (Phi) is 16.3. The first-order valence-electron chi connectivity index (χ1n) is 9.17. The van der Waals surface area contributed by atoms with E-state index in [1.54, 1.807) is 0 Å². The van der Waals surface area contributed by atoms with E-state index in [-0.39, 0.29) is 35.8 Å². The molecule has 1 unspecified atom stereocenters. The highest BCUT2D eigenvalue weighted by molar-refractivity contribution is 14.0. The van der Waals surface area contributed by atoms with Crippen molar-refractivity contribution in [3.8, 4) is 0 Å². The highest BCUT2D eigenvalue weighted by Crippen LogP contribution is 2.11. The number of sulfonamides is 1. The van der Waals surface area contributed by atoms with Gasteiger partial charge in [-0.05, 0) is 51.0 Å². The van der Waals surface area contributed by atoms with E-state index >= 15 is 0 Å². The van der Waals surface area contributed by atoms with Crippen molar-refractivity contribution < 1.29 is 13.2 Å². The topological polar surface area (TPSA) is 91.8 Å².